The van der Waals surface area contributed by atoms with Gasteiger partial charge in [-0.1, -0.05) is 6.92 Å². The number of fused-ring (bicyclic) bond motifs is 1. The van der Waals surface area contributed by atoms with Gasteiger partial charge in [-0.05, 0) is 16.7 Å². The van der Waals surface area contributed by atoms with Crippen LogP contribution in [-0.2, 0) is 4.79 Å². The van der Waals surface area contributed by atoms with E-state index in [2.05, 4.69) is 36.7 Å². The first kappa shape index (κ1) is 17.4. The maximum atomic E-state index is 11.6. The van der Waals surface area contributed by atoms with E-state index in [0.29, 0.717) is 11.5 Å². The summed E-state index contributed by atoms with van der Waals surface area (Å²) < 4.78 is 4.68. The number of H-pyrrole nitrogens is 1. The molecule has 1 aliphatic heterocycles. The number of imidazole rings is 1. The number of nitrogens with two attached hydrogens (primary N) is 1. The molecule has 0 saturated carbocycles. The second kappa shape index (κ2) is 6.95. The average molecular weight is 370 g/mol. The largest absolute Gasteiger partial charge is 0.379 e. The molecule has 3 N–H and O–H groups in total. The first-order valence-corrected chi connectivity index (χ1v) is 9.00. The number of rotatable bonds is 4. The van der Waals surface area contributed by atoms with Crippen molar-refractivity contribution in [1.29, 1.82) is 0 Å². The number of aromatic nitrogens is 5. The third kappa shape index (κ3) is 3.12. The fourth-order valence-corrected chi connectivity index (χ4v) is 3.69. The van der Waals surface area contributed by atoms with E-state index in [0.717, 1.165) is 49.2 Å². The van der Waals surface area contributed by atoms with Crippen LogP contribution in [0.1, 0.15) is 31.9 Å². The van der Waals surface area contributed by atoms with Gasteiger partial charge in [-0.3, -0.25) is 14.7 Å². The van der Waals surface area contributed by atoms with Crippen molar-refractivity contribution in [2.24, 2.45) is 0 Å². The summed E-state index contributed by atoms with van der Waals surface area (Å²) >= 11 is 0. The molecule has 0 radical (unpaired) electrons. The summed E-state index contributed by atoms with van der Waals surface area (Å²) in [6, 6.07) is 0.166. The van der Waals surface area contributed by atoms with Gasteiger partial charge in [0, 0.05) is 50.9 Å². The number of nitrogen functional groups attached to an aromatic ring is 1. The molecule has 1 saturated heterocycles. The van der Waals surface area contributed by atoms with Crippen LogP contribution in [-0.4, -0.2) is 67.2 Å². The summed E-state index contributed by atoms with van der Waals surface area (Å²) in [5.41, 5.74) is 8.87. The first-order valence-electron chi connectivity index (χ1n) is 9.00. The Morgan fingerprint density at radius 3 is 2.70 bits per heavy atom. The van der Waals surface area contributed by atoms with Crippen LogP contribution in [0.25, 0.3) is 22.6 Å². The summed E-state index contributed by atoms with van der Waals surface area (Å²) in [5, 5.41) is 7.42. The van der Waals surface area contributed by atoms with Crippen molar-refractivity contribution in [3.8, 4) is 11.5 Å². The van der Waals surface area contributed by atoms with E-state index >= 15 is 0 Å². The molecule has 1 unspecified atom stereocenters. The van der Waals surface area contributed by atoms with E-state index in [1.165, 1.54) is 0 Å². The lowest BCUT2D eigenvalue weighted by atomic mass is 10.0. The highest BCUT2D eigenvalue weighted by atomic mass is 16.6. The maximum absolute atomic E-state index is 11.6. The Hall–Kier alpha value is -3.01. The SMILES string of the molecule is CCC(c1cncc2[nH]c(-c3nonc3N)nc12)N1CCN(C(C)=O)CC1. The summed E-state index contributed by atoms with van der Waals surface area (Å²) in [6.07, 6.45) is 4.51. The van der Waals surface area contributed by atoms with Gasteiger partial charge in [0.05, 0.1) is 17.2 Å². The van der Waals surface area contributed by atoms with Gasteiger partial charge < -0.3 is 15.6 Å². The molecule has 3 aromatic rings. The molecule has 10 nitrogen and oxygen atoms in total. The average Bonchev–Trinajstić information content (AvgIpc) is 3.28. The molecule has 0 spiro atoms. The molecular weight excluding hydrogens is 348 g/mol. The van der Waals surface area contributed by atoms with E-state index < -0.39 is 0 Å². The van der Waals surface area contributed by atoms with Crippen molar-refractivity contribution >= 4 is 22.8 Å². The molecule has 3 aromatic heterocycles. The van der Waals surface area contributed by atoms with E-state index in [4.69, 9.17) is 10.7 Å². The predicted molar refractivity (Wildman–Crippen MR) is 98.5 cm³/mol. The van der Waals surface area contributed by atoms with Crippen LogP contribution in [0.15, 0.2) is 17.0 Å². The lowest BCUT2D eigenvalue weighted by Gasteiger charge is -2.38. The lowest BCUT2D eigenvalue weighted by molar-refractivity contribution is -0.130. The Morgan fingerprint density at radius 2 is 2.07 bits per heavy atom. The summed E-state index contributed by atoms with van der Waals surface area (Å²) in [5.74, 6) is 0.826. The van der Waals surface area contributed by atoms with Crippen molar-refractivity contribution in [3.05, 3.63) is 18.0 Å². The van der Waals surface area contributed by atoms with Crippen LogP contribution >= 0.6 is 0 Å². The minimum Gasteiger partial charge on any atom is -0.379 e. The highest BCUT2D eigenvalue weighted by molar-refractivity contribution is 5.82. The molecule has 1 amide bonds. The minimum absolute atomic E-state index is 0.127. The summed E-state index contributed by atoms with van der Waals surface area (Å²) in [6.45, 7) is 6.89. The number of carbonyl (C=O) groups excluding carboxylic acids is 1. The van der Waals surface area contributed by atoms with Gasteiger partial charge in [-0.25, -0.2) is 9.61 Å². The molecule has 27 heavy (non-hydrogen) atoms. The quantitative estimate of drug-likeness (QED) is 0.701. The van der Waals surface area contributed by atoms with Gasteiger partial charge in [0.2, 0.25) is 5.91 Å². The molecule has 4 heterocycles. The molecule has 142 valence electrons. The number of amides is 1. The van der Waals surface area contributed by atoms with E-state index in [-0.39, 0.29) is 17.8 Å². The topological polar surface area (TPSA) is 130 Å². The van der Waals surface area contributed by atoms with Gasteiger partial charge in [-0.15, -0.1) is 0 Å². The van der Waals surface area contributed by atoms with Gasteiger partial charge in [0.15, 0.2) is 17.3 Å². The molecule has 1 atom stereocenters. The highest BCUT2D eigenvalue weighted by Gasteiger charge is 2.27. The third-order valence-electron chi connectivity index (χ3n) is 5.11. The van der Waals surface area contributed by atoms with E-state index in [1.54, 1.807) is 13.1 Å². The monoisotopic (exact) mass is 370 g/mol. The lowest BCUT2D eigenvalue weighted by Crippen LogP contribution is -2.49. The second-order valence-corrected chi connectivity index (χ2v) is 6.67. The summed E-state index contributed by atoms with van der Waals surface area (Å²) in [7, 11) is 0. The number of nitrogens with zero attached hydrogens (tertiary/aromatic N) is 6. The zero-order valence-electron chi connectivity index (χ0n) is 15.3. The number of hydrogen-bond donors (Lipinski definition) is 2. The van der Waals surface area contributed by atoms with Crippen molar-refractivity contribution in [3.63, 3.8) is 0 Å². The number of anilines is 1. The predicted octanol–water partition coefficient (Wildman–Crippen LogP) is 1.21. The maximum Gasteiger partial charge on any atom is 0.219 e. The summed E-state index contributed by atoms with van der Waals surface area (Å²) in [4.78, 5) is 28.1. The van der Waals surface area contributed by atoms with Crippen LogP contribution in [0.5, 0.6) is 0 Å². The first-order chi connectivity index (χ1) is 13.1. The molecule has 10 heteroatoms. The molecule has 1 aliphatic rings. The van der Waals surface area contributed by atoms with Crippen molar-refractivity contribution in [1.82, 2.24) is 35.1 Å². The van der Waals surface area contributed by atoms with Crippen molar-refractivity contribution < 1.29 is 9.42 Å². The Kier molecular flexibility index (Phi) is 4.48. The Bertz CT molecular complexity index is 957. The minimum atomic E-state index is 0.127. The normalized spacial score (nSPS) is 16.7. The standard InChI is InChI=1S/C17H22N8O2/c1-3-13(25-6-4-24(5-7-25)10(2)26)11-8-19-9-12-14(11)21-17(20-12)15-16(18)23-27-22-15/h8-9,13H,3-7H2,1-2H3,(H2,18,23)(H,20,21). The zero-order chi connectivity index (χ0) is 19.0. The molecule has 1 fully saturated rings. The molecule has 0 aromatic carbocycles. The van der Waals surface area contributed by atoms with Gasteiger partial charge in [-0.2, -0.15) is 0 Å². The molecule has 0 bridgehead atoms. The number of aromatic amines is 1. The van der Waals surface area contributed by atoms with Crippen molar-refractivity contribution in [2.75, 3.05) is 31.9 Å². The van der Waals surface area contributed by atoms with Crippen LogP contribution < -0.4 is 5.73 Å². The van der Waals surface area contributed by atoms with Crippen LogP contribution in [0, 0.1) is 0 Å². The van der Waals surface area contributed by atoms with Crippen molar-refractivity contribution in [2.45, 2.75) is 26.3 Å². The Morgan fingerprint density at radius 1 is 1.30 bits per heavy atom. The third-order valence-corrected chi connectivity index (χ3v) is 5.11. The smallest absolute Gasteiger partial charge is 0.219 e. The fourth-order valence-electron chi connectivity index (χ4n) is 3.69. The van der Waals surface area contributed by atoms with Gasteiger partial charge in [0.25, 0.3) is 0 Å². The van der Waals surface area contributed by atoms with Gasteiger partial charge in [0.1, 0.15) is 0 Å². The Balaban J connectivity index is 1.67. The van der Waals surface area contributed by atoms with E-state index in [1.807, 2.05) is 11.1 Å². The number of nitrogens with one attached hydrogen (secondary N) is 1. The molecular formula is C17H22N8O2. The van der Waals surface area contributed by atoms with Crippen LogP contribution in [0.2, 0.25) is 0 Å². The molecule has 0 aliphatic carbocycles. The Labute approximate surface area is 155 Å². The fraction of sp³-hybridized carbons (Fsp3) is 0.471. The van der Waals surface area contributed by atoms with Crippen LogP contribution in [0.4, 0.5) is 5.82 Å². The number of piperazine rings is 1. The van der Waals surface area contributed by atoms with Gasteiger partial charge >= 0.3 is 0 Å². The zero-order valence-corrected chi connectivity index (χ0v) is 15.3. The number of hydrogen-bond acceptors (Lipinski definition) is 8. The number of carbonyl (C=O) groups is 1. The van der Waals surface area contributed by atoms with Crippen LogP contribution in [0.3, 0.4) is 0 Å². The van der Waals surface area contributed by atoms with E-state index in [9.17, 15) is 4.79 Å². The highest BCUT2D eigenvalue weighted by Crippen LogP contribution is 2.31. The molecule has 4 rings (SSSR count). The second-order valence-electron chi connectivity index (χ2n) is 6.67. The number of pyridine rings is 1.